The zero-order chi connectivity index (χ0) is 31.0. The molecule has 1 aromatic heterocycles. The van der Waals surface area contributed by atoms with Gasteiger partial charge < -0.3 is 9.80 Å². The van der Waals surface area contributed by atoms with Crippen LogP contribution in [0.1, 0.15) is 27.8 Å². The highest BCUT2D eigenvalue weighted by molar-refractivity contribution is 9.10. The first kappa shape index (κ1) is 30.2. The van der Waals surface area contributed by atoms with Crippen molar-refractivity contribution in [2.24, 2.45) is 0 Å². The van der Waals surface area contributed by atoms with Crippen molar-refractivity contribution in [1.82, 2.24) is 14.8 Å². The van der Waals surface area contributed by atoms with Gasteiger partial charge in [0.25, 0.3) is 0 Å². The fraction of sp³-hybridized carbons (Fsp3) is 0.154. The van der Waals surface area contributed by atoms with Crippen LogP contribution in [0.2, 0.25) is 0 Å². The fourth-order valence-electron chi connectivity index (χ4n) is 5.75. The van der Waals surface area contributed by atoms with E-state index in [0.717, 1.165) is 44.4 Å². The van der Waals surface area contributed by atoms with Crippen LogP contribution in [0.3, 0.4) is 0 Å². The molecule has 0 saturated heterocycles. The van der Waals surface area contributed by atoms with Crippen LogP contribution in [0.4, 0.5) is 0 Å². The van der Waals surface area contributed by atoms with Gasteiger partial charge in [-0.15, -0.1) is 0 Å². The summed E-state index contributed by atoms with van der Waals surface area (Å²) in [6, 6.07) is 39.3. The van der Waals surface area contributed by atoms with Crippen LogP contribution in [0.25, 0.3) is 17.3 Å². The molecule has 6 heteroatoms. The molecule has 1 atom stereocenters. The minimum Gasteiger partial charge on any atom is -0.336 e. The number of halogens is 1. The summed E-state index contributed by atoms with van der Waals surface area (Å²) in [5, 5.41) is 0. The third-order valence-corrected chi connectivity index (χ3v) is 8.74. The van der Waals surface area contributed by atoms with Crippen molar-refractivity contribution in [2.45, 2.75) is 32.0 Å². The van der Waals surface area contributed by atoms with Gasteiger partial charge >= 0.3 is 0 Å². The summed E-state index contributed by atoms with van der Waals surface area (Å²) < 4.78 is 0.971. The van der Waals surface area contributed by atoms with E-state index in [1.165, 1.54) is 5.56 Å². The van der Waals surface area contributed by atoms with Gasteiger partial charge in [0.2, 0.25) is 11.8 Å². The number of hydrogen-bond donors (Lipinski definition) is 0. The molecule has 45 heavy (non-hydrogen) atoms. The minimum atomic E-state index is -0.685. The maximum absolute atomic E-state index is 14.5. The Bertz CT molecular complexity index is 1770. The Morgan fingerprint density at radius 2 is 1.51 bits per heavy atom. The predicted molar refractivity (Wildman–Crippen MR) is 183 cm³/mol. The van der Waals surface area contributed by atoms with E-state index in [-0.39, 0.29) is 11.8 Å². The van der Waals surface area contributed by atoms with Gasteiger partial charge in [-0.2, -0.15) is 0 Å². The van der Waals surface area contributed by atoms with Crippen LogP contribution in [0.15, 0.2) is 138 Å². The monoisotopic (exact) mass is 655 g/mol. The van der Waals surface area contributed by atoms with Gasteiger partial charge in [-0.3, -0.25) is 14.6 Å². The second kappa shape index (κ2) is 14.3. The van der Waals surface area contributed by atoms with Gasteiger partial charge in [-0.1, -0.05) is 113 Å². The lowest BCUT2D eigenvalue weighted by atomic mass is 9.97. The van der Waals surface area contributed by atoms with Crippen molar-refractivity contribution in [3.8, 4) is 11.3 Å². The van der Waals surface area contributed by atoms with E-state index in [0.29, 0.717) is 26.1 Å². The fourth-order valence-corrected chi connectivity index (χ4v) is 6.02. The van der Waals surface area contributed by atoms with Gasteiger partial charge in [-0.25, -0.2) is 0 Å². The summed E-state index contributed by atoms with van der Waals surface area (Å²) in [5.74, 6) is -0.248. The summed E-state index contributed by atoms with van der Waals surface area (Å²) in [4.78, 5) is 36.8. The van der Waals surface area contributed by atoms with Gasteiger partial charge in [0, 0.05) is 48.4 Å². The van der Waals surface area contributed by atoms with Crippen LogP contribution in [0.5, 0.6) is 0 Å². The number of fused-ring (bicyclic) bond motifs is 1. The molecular formula is C39H34BrN3O2. The predicted octanol–water partition coefficient (Wildman–Crippen LogP) is 7.75. The number of benzene rings is 4. The molecule has 2 amide bonds. The Morgan fingerprint density at radius 1 is 0.800 bits per heavy atom. The lowest BCUT2D eigenvalue weighted by Crippen LogP contribution is -2.52. The number of hydrogen-bond acceptors (Lipinski definition) is 3. The van der Waals surface area contributed by atoms with Crippen molar-refractivity contribution >= 4 is 33.8 Å². The SMILES string of the molecule is O=C([C@H](Cc1ccccc1)N(Cc1ccc(-c2ccccn2)cc1)C(=O)/C=C/c1ccc(Br)cc1)N1CCc2ccccc2C1. The topological polar surface area (TPSA) is 53.5 Å². The van der Waals surface area contributed by atoms with Gasteiger partial charge in [0.05, 0.1) is 5.69 Å². The number of carbonyl (C=O) groups excluding carboxylic acids is 2. The van der Waals surface area contributed by atoms with E-state index in [1.54, 1.807) is 17.2 Å². The number of nitrogens with zero attached hydrogens (tertiary/aromatic N) is 3. The number of carbonyl (C=O) groups is 2. The minimum absolute atomic E-state index is 0.0381. The molecule has 0 N–H and O–H groups in total. The Balaban J connectivity index is 1.34. The third-order valence-electron chi connectivity index (χ3n) is 8.21. The molecule has 0 aliphatic carbocycles. The zero-order valence-corrected chi connectivity index (χ0v) is 26.5. The molecule has 0 bridgehead atoms. The second-order valence-corrected chi connectivity index (χ2v) is 12.2. The van der Waals surface area contributed by atoms with E-state index in [1.807, 2.05) is 120 Å². The van der Waals surface area contributed by atoms with Crippen LogP contribution in [-0.4, -0.2) is 39.2 Å². The van der Waals surface area contributed by atoms with Crippen LogP contribution in [-0.2, 0) is 35.5 Å². The van der Waals surface area contributed by atoms with E-state index >= 15 is 0 Å². The standard InChI is InChI=1S/C39H34BrN3O2/c40-35-20-15-29(16-21-35)17-22-38(44)43(27-31-13-18-33(19-14-31)36-12-6-7-24-41-36)37(26-30-8-2-1-3-9-30)39(45)42-25-23-32-10-4-5-11-34(32)28-42/h1-22,24,37H,23,25-28H2/b22-17+/t37-/m0/s1. The molecule has 0 fully saturated rings. The second-order valence-electron chi connectivity index (χ2n) is 11.2. The van der Waals surface area contributed by atoms with Crippen molar-refractivity contribution in [2.75, 3.05) is 6.54 Å². The Hall–Kier alpha value is -4.81. The molecule has 224 valence electrons. The summed E-state index contributed by atoms with van der Waals surface area (Å²) in [5.41, 5.74) is 7.18. The first-order valence-corrected chi connectivity index (χ1v) is 16.0. The van der Waals surface area contributed by atoms with Crippen molar-refractivity contribution in [1.29, 1.82) is 0 Å². The first-order chi connectivity index (χ1) is 22.0. The van der Waals surface area contributed by atoms with Crippen molar-refractivity contribution < 1.29 is 9.59 Å². The quantitative estimate of drug-likeness (QED) is 0.153. The summed E-state index contributed by atoms with van der Waals surface area (Å²) in [7, 11) is 0. The van der Waals surface area contributed by atoms with E-state index in [2.05, 4.69) is 33.0 Å². The largest absolute Gasteiger partial charge is 0.336 e. The van der Waals surface area contributed by atoms with E-state index in [9.17, 15) is 9.59 Å². The molecule has 0 saturated carbocycles. The lowest BCUT2D eigenvalue weighted by Gasteiger charge is -2.37. The molecule has 2 heterocycles. The lowest BCUT2D eigenvalue weighted by molar-refractivity contribution is -0.144. The van der Waals surface area contributed by atoms with Crippen LogP contribution in [0, 0.1) is 0 Å². The molecule has 1 aliphatic rings. The molecule has 0 unspecified atom stereocenters. The van der Waals surface area contributed by atoms with E-state index in [4.69, 9.17) is 0 Å². The summed E-state index contributed by atoms with van der Waals surface area (Å²) in [6.45, 7) is 1.45. The molecule has 0 spiro atoms. The zero-order valence-electron chi connectivity index (χ0n) is 24.9. The van der Waals surface area contributed by atoms with Gasteiger partial charge in [0.1, 0.15) is 6.04 Å². The molecule has 5 aromatic rings. The molecule has 5 nitrogen and oxygen atoms in total. The van der Waals surface area contributed by atoms with Gasteiger partial charge in [0.15, 0.2) is 0 Å². The molecular weight excluding hydrogens is 622 g/mol. The number of rotatable bonds is 9. The highest BCUT2D eigenvalue weighted by Crippen LogP contribution is 2.24. The third kappa shape index (κ3) is 7.65. The van der Waals surface area contributed by atoms with Crippen LogP contribution >= 0.6 is 15.9 Å². The maximum atomic E-state index is 14.5. The van der Waals surface area contributed by atoms with E-state index < -0.39 is 6.04 Å². The van der Waals surface area contributed by atoms with Crippen molar-refractivity contribution in [3.05, 3.63) is 166 Å². The molecule has 4 aromatic carbocycles. The number of pyridine rings is 1. The average Bonchev–Trinajstić information content (AvgIpc) is 3.10. The highest BCUT2D eigenvalue weighted by atomic mass is 79.9. The molecule has 1 aliphatic heterocycles. The maximum Gasteiger partial charge on any atom is 0.247 e. The smallest absolute Gasteiger partial charge is 0.247 e. The molecule has 0 radical (unpaired) electrons. The van der Waals surface area contributed by atoms with Crippen LogP contribution < -0.4 is 0 Å². The Kier molecular flexibility index (Phi) is 9.61. The summed E-state index contributed by atoms with van der Waals surface area (Å²) >= 11 is 3.47. The highest BCUT2D eigenvalue weighted by Gasteiger charge is 2.34. The molecule has 6 rings (SSSR count). The van der Waals surface area contributed by atoms with Crippen molar-refractivity contribution in [3.63, 3.8) is 0 Å². The normalized spacial score (nSPS) is 13.3. The first-order valence-electron chi connectivity index (χ1n) is 15.2. The number of amides is 2. The average molecular weight is 657 g/mol. The number of aromatic nitrogens is 1. The van der Waals surface area contributed by atoms with Gasteiger partial charge in [-0.05, 0) is 64.6 Å². The Labute approximate surface area is 273 Å². The summed E-state index contributed by atoms with van der Waals surface area (Å²) in [6.07, 6.45) is 6.39. The Morgan fingerprint density at radius 3 is 2.24 bits per heavy atom.